The second kappa shape index (κ2) is 8.67. The maximum atomic E-state index is 13.1. The highest BCUT2D eigenvalue weighted by atomic mass is 32.1. The van der Waals surface area contributed by atoms with E-state index < -0.39 is 0 Å². The smallest absolute Gasteiger partial charge is 0.263 e. The van der Waals surface area contributed by atoms with Gasteiger partial charge in [0.1, 0.15) is 0 Å². The van der Waals surface area contributed by atoms with Crippen LogP contribution in [0.1, 0.15) is 16.7 Å². The van der Waals surface area contributed by atoms with Gasteiger partial charge in [0.2, 0.25) is 4.80 Å². The van der Waals surface area contributed by atoms with Crippen molar-refractivity contribution in [3.05, 3.63) is 123 Å². The summed E-state index contributed by atoms with van der Waals surface area (Å²) in [4.78, 5) is 18.6. The largest absolute Gasteiger partial charge is 0.340 e. The predicted molar refractivity (Wildman–Crippen MR) is 113 cm³/mol. The van der Waals surface area contributed by atoms with Crippen molar-refractivity contribution >= 4 is 11.5 Å². The summed E-state index contributed by atoms with van der Waals surface area (Å²) in [5.41, 5.74) is 3.30. The van der Waals surface area contributed by atoms with E-state index in [1.807, 2.05) is 78.9 Å². The van der Waals surface area contributed by atoms with Gasteiger partial charge in [0, 0.05) is 0 Å². The molecule has 0 aliphatic carbocycles. The number of hydrogen-bond donors (Lipinski definition) is 0. The van der Waals surface area contributed by atoms with Gasteiger partial charge in [-0.25, -0.2) is 8.75 Å². The summed E-state index contributed by atoms with van der Waals surface area (Å²) in [5, 5.41) is 0. The molecular formula is C23H21N3OS. The average Bonchev–Trinajstić information content (AvgIpc) is 3.03. The average molecular weight is 388 g/mol. The molecule has 1 heterocycles. The lowest BCUT2D eigenvalue weighted by atomic mass is 10.2. The van der Waals surface area contributed by atoms with Gasteiger partial charge < -0.3 is 0 Å². The highest BCUT2D eigenvalue weighted by Crippen LogP contribution is 2.05. The summed E-state index contributed by atoms with van der Waals surface area (Å²) in [6, 6.07) is 30.2. The molecule has 4 rings (SSSR count). The molecule has 0 N–H and O–H groups in total. The van der Waals surface area contributed by atoms with Crippen LogP contribution in [0.15, 0.2) is 101 Å². The maximum Gasteiger partial charge on any atom is 0.340 e. The highest BCUT2D eigenvalue weighted by molar-refractivity contribution is 7.03. The van der Waals surface area contributed by atoms with Crippen molar-refractivity contribution in [2.75, 3.05) is 0 Å². The molecule has 0 unspecified atom stereocenters. The van der Waals surface area contributed by atoms with Crippen LogP contribution in [0.5, 0.6) is 0 Å². The fraction of sp³-hybridized carbons (Fsp3) is 0.130. The van der Waals surface area contributed by atoms with E-state index >= 15 is 0 Å². The molecule has 140 valence electrons. The molecule has 4 nitrogen and oxygen atoms in total. The van der Waals surface area contributed by atoms with E-state index in [1.165, 1.54) is 11.5 Å². The number of rotatable bonds is 6. The summed E-state index contributed by atoms with van der Waals surface area (Å²) in [6.07, 6.45) is 0. The molecule has 0 aliphatic heterocycles. The first kappa shape index (κ1) is 18.2. The van der Waals surface area contributed by atoms with E-state index in [2.05, 4.69) is 12.1 Å². The van der Waals surface area contributed by atoms with Gasteiger partial charge >= 0.3 is 5.69 Å². The van der Waals surface area contributed by atoms with Crippen LogP contribution in [0.4, 0.5) is 0 Å². The van der Waals surface area contributed by atoms with E-state index in [1.54, 1.807) is 8.52 Å². The molecule has 3 aromatic carbocycles. The SMILES string of the molecule is O=c1n(Cc2ccccc2)sc(=NCc2ccccc2)n1Cc1ccccc1. The Kier molecular flexibility index (Phi) is 5.64. The predicted octanol–water partition coefficient (Wildman–Crippen LogP) is 3.91. The van der Waals surface area contributed by atoms with Gasteiger partial charge in [-0.3, -0.25) is 9.56 Å². The van der Waals surface area contributed by atoms with Gasteiger partial charge in [-0.2, -0.15) is 0 Å². The Labute approximate surface area is 167 Å². The third-order valence-electron chi connectivity index (χ3n) is 4.46. The molecule has 0 spiro atoms. The summed E-state index contributed by atoms with van der Waals surface area (Å²) in [6.45, 7) is 1.63. The molecule has 4 aromatic rings. The molecule has 1 aromatic heterocycles. The lowest BCUT2D eigenvalue weighted by Gasteiger charge is -2.02. The Morgan fingerprint density at radius 3 is 1.75 bits per heavy atom. The van der Waals surface area contributed by atoms with Crippen molar-refractivity contribution in [3.8, 4) is 0 Å². The maximum absolute atomic E-state index is 13.1. The Hall–Kier alpha value is -3.18. The third-order valence-corrected chi connectivity index (χ3v) is 5.48. The van der Waals surface area contributed by atoms with Gasteiger partial charge in [0.05, 0.1) is 19.6 Å². The summed E-state index contributed by atoms with van der Waals surface area (Å²) >= 11 is 1.42. The molecule has 0 atom stereocenters. The van der Waals surface area contributed by atoms with Crippen LogP contribution in [0, 0.1) is 0 Å². The highest BCUT2D eigenvalue weighted by Gasteiger charge is 2.10. The van der Waals surface area contributed by atoms with Crippen molar-refractivity contribution in [3.63, 3.8) is 0 Å². The number of benzene rings is 3. The molecule has 0 bridgehead atoms. The lowest BCUT2D eigenvalue weighted by molar-refractivity contribution is 0.672. The fourth-order valence-electron chi connectivity index (χ4n) is 3.01. The summed E-state index contributed by atoms with van der Waals surface area (Å²) < 4.78 is 3.55. The van der Waals surface area contributed by atoms with E-state index in [-0.39, 0.29) is 5.69 Å². The Bertz CT molecular complexity index is 1140. The first-order valence-electron chi connectivity index (χ1n) is 9.23. The zero-order valence-corrected chi connectivity index (χ0v) is 16.3. The standard InChI is InChI=1S/C23H21N3OS/c27-23-25(17-20-12-6-2-7-13-20)22(24-16-19-10-4-1-5-11-19)28-26(23)18-21-14-8-3-9-15-21/h1-15H,16-18H2. The number of hydrogen-bond acceptors (Lipinski definition) is 3. The monoisotopic (exact) mass is 387 g/mol. The molecule has 0 radical (unpaired) electrons. The molecule has 0 amide bonds. The Morgan fingerprint density at radius 1 is 0.679 bits per heavy atom. The summed E-state index contributed by atoms with van der Waals surface area (Å²) in [5.74, 6) is 0. The Morgan fingerprint density at radius 2 is 1.18 bits per heavy atom. The lowest BCUT2D eigenvalue weighted by Crippen LogP contribution is -2.30. The molecule has 0 saturated carbocycles. The van der Waals surface area contributed by atoms with Crippen LogP contribution in [0.25, 0.3) is 0 Å². The van der Waals surface area contributed by atoms with Gasteiger partial charge in [-0.1, -0.05) is 91.0 Å². The molecule has 0 saturated heterocycles. The third kappa shape index (κ3) is 4.38. The molecule has 5 heteroatoms. The van der Waals surface area contributed by atoms with E-state index in [0.29, 0.717) is 19.6 Å². The minimum absolute atomic E-state index is 0.0236. The molecule has 0 fully saturated rings. The topological polar surface area (TPSA) is 39.3 Å². The fourth-order valence-corrected chi connectivity index (χ4v) is 3.96. The molecule has 0 aliphatic rings. The summed E-state index contributed by atoms with van der Waals surface area (Å²) in [7, 11) is 0. The minimum atomic E-state index is -0.0236. The molecule has 28 heavy (non-hydrogen) atoms. The van der Waals surface area contributed by atoms with E-state index in [9.17, 15) is 4.79 Å². The van der Waals surface area contributed by atoms with Gasteiger partial charge in [-0.15, -0.1) is 0 Å². The van der Waals surface area contributed by atoms with E-state index in [4.69, 9.17) is 4.99 Å². The first-order chi connectivity index (χ1) is 13.8. The van der Waals surface area contributed by atoms with Crippen molar-refractivity contribution in [1.29, 1.82) is 0 Å². The van der Waals surface area contributed by atoms with Crippen molar-refractivity contribution in [1.82, 2.24) is 8.52 Å². The van der Waals surface area contributed by atoms with Gasteiger partial charge in [0.15, 0.2) is 0 Å². The molecular weight excluding hydrogens is 366 g/mol. The number of nitrogens with zero attached hydrogens (tertiary/aromatic N) is 3. The van der Waals surface area contributed by atoms with Crippen LogP contribution in [-0.4, -0.2) is 8.52 Å². The van der Waals surface area contributed by atoms with Gasteiger partial charge in [0.25, 0.3) is 0 Å². The normalized spacial score (nSPS) is 11.6. The Balaban J connectivity index is 1.72. The van der Waals surface area contributed by atoms with Crippen LogP contribution in [-0.2, 0) is 19.6 Å². The minimum Gasteiger partial charge on any atom is -0.263 e. The second-order valence-electron chi connectivity index (χ2n) is 6.55. The van der Waals surface area contributed by atoms with Crippen LogP contribution in [0.2, 0.25) is 0 Å². The van der Waals surface area contributed by atoms with Crippen LogP contribution < -0.4 is 10.5 Å². The zero-order valence-electron chi connectivity index (χ0n) is 15.4. The first-order valence-corrected chi connectivity index (χ1v) is 10.0. The van der Waals surface area contributed by atoms with Crippen molar-refractivity contribution < 1.29 is 0 Å². The van der Waals surface area contributed by atoms with Gasteiger partial charge in [-0.05, 0) is 28.2 Å². The van der Waals surface area contributed by atoms with Crippen molar-refractivity contribution in [2.45, 2.75) is 19.6 Å². The van der Waals surface area contributed by atoms with Crippen molar-refractivity contribution in [2.24, 2.45) is 4.99 Å². The van der Waals surface area contributed by atoms with Crippen LogP contribution >= 0.6 is 11.5 Å². The van der Waals surface area contributed by atoms with E-state index in [0.717, 1.165) is 21.5 Å². The van der Waals surface area contributed by atoms with Crippen LogP contribution in [0.3, 0.4) is 0 Å². The number of aromatic nitrogens is 2. The zero-order chi connectivity index (χ0) is 19.2. The quantitative estimate of drug-likeness (QED) is 0.494. The second-order valence-corrected chi connectivity index (χ2v) is 7.54.